The van der Waals surface area contributed by atoms with Crippen molar-refractivity contribution in [3.8, 4) is 16.9 Å². The highest BCUT2D eigenvalue weighted by atomic mass is 19.2. The maximum atomic E-state index is 15.2. The molecule has 0 N–H and O–H groups in total. The largest absolute Gasteiger partial charge is 0.483 e. The van der Waals surface area contributed by atoms with Gasteiger partial charge in [0.1, 0.15) is 24.1 Å². The van der Waals surface area contributed by atoms with Crippen LogP contribution < -0.4 is 4.74 Å². The molecule has 0 heterocycles. The van der Waals surface area contributed by atoms with Crippen molar-refractivity contribution < 1.29 is 31.1 Å². The van der Waals surface area contributed by atoms with Crippen molar-refractivity contribution >= 4 is 5.83 Å². The predicted molar refractivity (Wildman–Crippen MR) is 151 cm³/mol. The normalized spacial score (nSPS) is 17.7. The summed E-state index contributed by atoms with van der Waals surface area (Å²) in [7, 11) is 0. The zero-order chi connectivity index (χ0) is 29.5. The second-order valence-corrected chi connectivity index (χ2v) is 10.6. The summed E-state index contributed by atoms with van der Waals surface area (Å²) in [6.45, 7) is 5.21. The van der Waals surface area contributed by atoms with Crippen molar-refractivity contribution in [3.05, 3.63) is 107 Å². The lowest BCUT2D eigenvalue weighted by Crippen LogP contribution is -2.15. The molecule has 3 aromatic carbocycles. The van der Waals surface area contributed by atoms with Crippen LogP contribution in [0.4, 0.5) is 26.3 Å². The smallest absolute Gasteiger partial charge is 0.191 e. The van der Waals surface area contributed by atoms with Crippen LogP contribution in [0.1, 0.15) is 74.5 Å². The molecule has 0 spiro atoms. The fourth-order valence-electron chi connectivity index (χ4n) is 5.57. The Kier molecular flexibility index (Phi) is 10.4. The van der Waals surface area contributed by atoms with Gasteiger partial charge in [0, 0.05) is 17.5 Å². The third kappa shape index (κ3) is 7.43. The van der Waals surface area contributed by atoms with E-state index in [1.54, 1.807) is 19.1 Å². The molecule has 1 aliphatic rings. The number of hydrogen-bond acceptors (Lipinski definition) is 1. The maximum absolute atomic E-state index is 15.2. The van der Waals surface area contributed by atoms with Gasteiger partial charge >= 0.3 is 0 Å². The summed E-state index contributed by atoms with van der Waals surface area (Å²) in [6.07, 6.45) is 6.36. The van der Waals surface area contributed by atoms with E-state index in [9.17, 15) is 22.0 Å². The van der Waals surface area contributed by atoms with Gasteiger partial charge in [-0.2, -0.15) is 0 Å². The van der Waals surface area contributed by atoms with Gasteiger partial charge in [-0.15, -0.1) is 0 Å². The van der Waals surface area contributed by atoms with Gasteiger partial charge < -0.3 is 4.74 Å². The van der Waals surface area contributed by atoms with E-state index >= 15 is 4.39 Å². The highest BCUT2D eigenvalue weighted by Gasteiger charge is 2.25. The van der Waals surface area contributed by atoms with Crippen molar-refractivity contribution in [1.29, 1.82) is 0 Å². The first-order valence-corrected chi connectivity index (χ1v) is 14.1. The molecule has 0 aliphatic heterocycles. The Morgan fingerprint density at radius 2 is 1.59 bits per heavy atom. The third-order valence-electron chi connectivity index (χ3n) is 7.77. The number of ether oxygens (including phenoxy) is 1. The van der Waals surface area contributed by atoms with Crippen LogP contribution in [-0.2, 0) is 6.42 Å². The van der Waals surface area contributed by atoms with Crippen molar-refractivity contribution in [2.75, 3.05) is 6.61 Å². The van der Waals surface area contributed by atoms with E-state index in [1.807, 2.05) is 0 Å². The summed E-state index contributed by atoms with van der Waals surface area (Å²) >= 11 is 0. The third-order valence-corrected chi connectivity index (χ3v) is 7.77. The molecule has 0 amide bonds. The van der Waals surface area contributed by atoms with E-state index in [0.29, 0.717) is 35.4 Å². The van der Waals surface area contributed by atoms with Crippen molar-refractivity contribution in [3.63, 3.8) is 0 Å². The van der Waals surface area contributed by atoms with E-state index in [2.05, 4.69) is 6.58 Å². The molecule has 0 unspecified atom stereocenters. The lowest BCUT2D eigenvalue weighted by atomic mass is 9.76. The van der Waals surface area contributed by atoms with Crippen LogP contribution >= 0.6 is 0 Å². The Hall–Kier alpha value is -3.48. The Bertz CT molecular complexity index is 1380. The van der Waals surface area contributed by atoms with Gasteiger partial charge in [-0.1, -0.05) is 43.8 Å². The second-order valence-electron chi connectivity index (χ2n) is 10.6. The van der Waals surface area contributed by atoms with Gasteiger partial charge in [0.25, 0.3) is 0 Å². The molecular weight excluding hydrogens is 538 g/mol. The molecule has 41 heavy (non-hydrogen) atoms. The Balaban J connectivity index is 1.36. The highest BCUT2D eigenvalue weighted by molar-refractivity contribution is 5.69. The number of aryl methyl sites for hydroxylation is 1. The molecule has 0 saturated heterocycles. The molecule has 0 bridgehead atoms. The summed E-state index contributed by atoms with van der Waals surface area (Å²) in [6, 6.07) is 10.8. The first kappa shape index (κ1) is 30.5. The maximum Gasteiger partial charge on any atom is 0.191 e. The van der Waals surface area contributed by atoms with E-state index in [1.165, 1.54) is 36.4 Å². The summed E-state index contributed by atoms with van der Waals surface area (Å²) in [5, 5.41) is 0. The minimum Gasteiger partial charge on any atom is -0.483 e. The van der Waals surface area contributed by atoms with Crippen LogP contribution in [0.25, 0.3) is 17.0 Å². The van der Waals surface area contributed by atoms with E-state index in [0.717, 1.165) is 38.2 Å². The van der Waals surface area contributed by atoms with Gasteiger partial charge in [-0.25, -0.2) is 26.3 Å². The van der Waals surface area contributed by atoms with Gasteiger partial charge in [0.2, 0.25) is 0 Å². The molecule has 218 valence electrons. The average Bonchev–Trinajstić information content (AvgIpc) is 2.95. The molecule has 0 aromatic heterocycles. The molecule has 7 heteroatoms. The minimum absolute atomic E-state index is 0.0180. The summed E-state index contributed by atoms with van der Waals surface area (Å²) < 4.78 is 91.6. The summed E-state index contributed by atoms with van der Waals surface area (Å²) in [4.78, 5) is 0. The van der Waals surface area contributed by atoms with Crippen molar-refractivity contribution in [2.24, 2.45) is 5.92 Å². The van der Waals surface area contributed by atoms with E-state index in [4.69, 9.17) is 4.74 Å². The molecule has 0 atom stereocenters. The number of rotatable bonds is 11. The van der Waals surface area contributed by atoms with E-state index in [-0.39, 0.29) is 30.1 Å². The molecule has 1 saturated carbocycles. The zero-order valence-corrected chi connectivity index (χ0v) is 23.1. The number of allylic oxidation sites excluding steroid dienone is 1. The minimum atomic E-state index is -1.08. The van der Waals surface area contributed by atoms with Crippen LogP contribution in [0.5, 0.6) is 5.75 Å². The van der Waals surface area contributed by atoms with Crippen molar-refractivity contribution in [2.45, 2.75) is 64.2 Å². The lowest BCUT2D eigenvalue weighted by Gasteiger charge is -2.29. The Morgan fingerprint density at radius 1 is 0.878 bits per heavy atom. The van der Waals surface area contributed by atoms with Crippen LogP contribution in [0.2, 0.25) is 0 Å². The first-order valence-electron chi connectivity index (χ1n) is 14.1. The second kappa shape index (κ2) is 13.9. The number of hydrogen-bond donors (Lipinski definition) is 0. The standard InChI is InChI=1S/C34H34F6O/c1-3-5-28(35)33(40)25-13-15-27(30(37)20-25)24-12-14-26(29(36)19-24)23-10-8-21(9-11-23)6-7-22-17-31(38)34(32(39)18-22)41-16-4-2/h4,12-15,17-21,23H,2-3,5-11,16H2,1H3/b33-28+. The Morgan fingerprint density at radius 3 is 2.20 bits per heavy atom. The molecule has 1 aliphatic carbocycles. The first-order chi connectivity index (χ1) is 19.7. The van der Waals surface area contributed by atoms with E-state index < -0.39 is 40.7 Å². The zero-order valence-electron chi connectivity index (χ0n) is 23.1. The lowest BCUT2D eigenvalue weighted by molar-refractivity contribution is 0.305. The van der Waals surface area contributed by atoms with Crippen LogP contribution in [0, 0.1) is 29.2 Å². The Labute approximate surface area is 237 Å². The quantitative estimate of drug-likeness (QED) is 0.164. The SMILES string of the molecule is C=CCOc1c(F)cc(CCC2CCC(c3ccc(-c4ccc(/C(F)=C(\F)CCC)cc4F)cc3F)CC2)cc1F. The summed E-state index contributed by atoms with van der Waals surface area (Å²) in [5.41, 5.74) is 1.39. The molecular formula is C34H34F6O. The molecule has 3 aromatic rings. The fraction of sp³-hybridized carbons (Fsp3) is 0.353. The van der Waals surface area contributed by atoms with Gasteiger partial charge in [-0.05, 0) is 97.7 Å². The molecule has 4 rings (SSSR count). The topological polar surface area (TPSA) is 9.23 Å². The van der Waals surface area contributed by atoms with Gasteiger partial charge in [-0.3, -0.25) is 0 Å². The fourth-order valence-corrected chi connectivity index (χ4v) is 5.57. The van der Waals surface area contributed by atoms with Crippen LogP contribution in [0.15, 0.2) is 67.0 Å². The van der Waals surface area contributed by atoms with Gasteiger partial charge in [0.15, 0.2) is 23.2 Å². The van der Waals surface area contributed by atoms with Crippen molar-refractivity contribution in [1.82, 2.24) is 0 Å². The monoisotopic (exact) mass is 572 g/mol. The molecule has 0 radical (unpaired) electrons. The molecule has 1 fully saturated rings. The van der Waals surface area contributed by atoms with Crippen LogP contribution in [0.3, 0.4) is 0 Å². The number of benzene rings is 3. The van der Waals surface area contributed by atoms with Gasteiger partial charge in [0.05, 0.1) is 0 Å². The average molecular weight is 573 g/mol. The highest BCUT2D eigenvalue weighted by Crippen LogP contribution is 2.40. The summed E-state index contributed by atoms with van der Waals surface area (Å²) in [5.74, 6) is -4.67. The van der Waals surface area contributed by atoms with Crippen LogP contribution in [-0.4, -0.2) is 6.61 Å². The molecule has 1 nitrogen and oxygen atoms in total. The number of halogens is 6. The predicted octanol–water partition coefficient (Wildman–Crippen LogP) is 10.8.